The summed E-state index contributed by atoms with van der Waals surface area (Å²) in [5.41, 5.74) is 1.80. The highest BCUT2D eigenvalue weighted by molar-refractivity contribution is 9.10. The van der Waals surface area contributed by atoms with E-state index in [-0.39, 0.29) is 5.75 Å². The van der Waals surface area contributed by atoms with E-state index in [1.807, 2.05) is 30.3 Å². The summed E-state index contributed by atoms with van der Waals surface area (Å²) in [4.78, 5) is 4.51. The molecule has 3 rings (SSSR count). The van der Waals surface area contributed by atoms with Crippen molar-refractivity contribution in [1.29, 1.82) is 0 Å². The highest BCUT2D eigenvalue weighted by Crippen LogP contribution is 2.31. The predicted molar refractivity (Wildman–Crippen MR) is 90.5 cm³/mol. The van der Waals surface area contributed by atoms with Gasteiger partial charge in [-0.3, -0.25) is 0 Å². The zero-order valence-corrected chi connectivity index (χ0v) is 14.2. The quantitative estimate of drug-likeness (QED) is 0.624. The summed E-state index contributed by atoms with van der Waals surface area (Å²) in [5.74, 6) is 0.267. The first-order chi connectivity index (χ1) is 9.63. The fourth-order valence-electron chi connectivity index (χ4n) is 1.85. The van der Waals surface area contributed by atoms with E-state index in [1.54, 1.807) is 11.3 Å². The van der Waals surface area contributed by atoms with Gasteiger partial charge in [0.15, 0.2) is 5.13 Å². The largest absolute Gasteiger partial charge is 0.506 e. The van der Waals surface area contributed by atoms with Crippen LogP contribution in [0.2, 0.25) is 0 Å². The summed E-state index contributed by atoms with van der Waals surface area (Å²) in [7, 11) is 0. The van der Waals surface area contributed by atoms with E-state index in [1.165, 1.54) is 0 Å². The maximum absolute atomic E-state index is 9.94. The zero-order valence-electron chi connectivity index (χ0n) is 10.2. The lowest BCUT2D eigenvalue weighted by Crippen LogP contribution is -1.99. The molecule has 0 aliphatic carbocycles. The van der Waals surface area contributed by atoms with Crippen LogP contribution in [-0.2, 0) is 6.54 Å². The lowest BCUT2D eigenvalue weighted by atomic mass is 10.2. The normalized spacial score (nSPS) is 10.9. The number of para-hydroxylation sites is 1. The van der Waals surface area contributed by atoms with Gasteiger partial charge in [-0.05, 0) is 40.2 Å². The fraction of sp³-hybridized carbons (Fsp3) is 0.0714. The van der Waals surface area contributed by atoms with Gasteiger partial charge in [0, 0.05) is 16.6 Å². The molecular weight excluding hydrogens is 404 g/mol. The average Bonchev–Trinajstić information content (AvgIpc) is 2.82. The Balaban J connectivity index is 1.81. The molecule has 0 radical (unpaired) electrons. The third-order valence-corrected chi connectivity index (χ3v) is 4.96. The smallest absolute Gasteiger partial charge is 0.184 e. The van der Waals surface area contributed by atoms with Gasteiger partial charge in [-0.1, -0.05) is 39.4 Å². The van der Waals surface area contributed by atoms with Gasteiger partial charge in [-0.25, -0.2) is 4.98 Å². The lowest BCUT2D eigenvalue weighted by molar-refractivity contribution is 0.465. The van der Waals surface area contributed by atoms with Crippen LogP contribution in [0.15, 0.2) is 45.3 Å². The number of fused-ring (bicyclic) bond motifs is 1. The van der Waals surface area contributed by atoms with Crippen LogP contribution in [0.1, 0.15) is 5.56 Å². The van der Waals surface area contributed by atoms with Crippen molar-refractivity contribution in [1.82, 2.24) is 4.98 Å². The van der Waals surface area contributed by atoms with Gasteiger partial charge in [0.25, 0.3) is 0 Å². The average molecular weight is 414 g/mol. The maximum Gasteiger partial charge on any atom is 0.184 e. The molecule has 20 heavy (non-hydrogen) atoms. The molecule has 3 nitrogen and oxygen atoms in total. The Morgan fingerprint density at radius 1 is 1.20 bits per heavy atom. The highest BCUT2D eigenvalue weighted by Gasteiger charge is 2.07. The van der Waals surface area contributed by atoms with Gasteiger partial charge in [0.1, 0.15) is 5.75 Å². The molecule has 3 aromatic rings. The van der Waals surface area contributed by atoms with Crippen LogP contribution in [0, 0.1) is 0 Å². The Morgan fingerprint density at radius 3 is 2.90 bits per heavy atom. The second-order valence-electron chi connectivity index (χ2n) is 4.23. The molecule has 2 aromatic carbocycles. The lowest BCUT2D eigenvalue weighted by Gasteiger charge is -2.06. The minimum absolute atomic E-state index is 0.267. The van der Waals surface area contributed by atoms with Crippen molar-refractivity contribution in [2.24, 2.45) is 0 Å². The first-order valence-electron chi connectivity index (χ1n) is 5.90. The highest BCUT2D eigenvalue weighted by atomic mass is 79.9. The molecule has 102 valence electrons. The number of hydrogen-bond acceptors (Lipinski definition) is 4. The van der Waals surface area contributed by atoms with E-state index < -0.39 is 0 Å². The number of thiazole rings is 1. The molecule has 1 aromatic heterocycles. The second-order valence-corrected chi connectivity index (χ2v) is 7.03. The topological polar surface area (TPSA) is 45.1 Å². The summed E-state index contributed by atoms with van der Waals surface area (Å²) in [6.07, 6.45) is 0. The molecule has 0 atom stereocenters. The standard InChI is InChI=1S/C14H10Br2N2OS/c15-9-4-5-11-12(6-9)20-14(18-11)17-7-8-2-1-3-10(16)13(8)19/h1-6,19H,7H2,(H,17,18). The van der Waals surface area contributed by atoms with Gasteiger partial charge in [-0.15, -0.1) is 0 Å². The van der Waals surface area contributed by atoms with Crippen LogP contribution < -0.4 is 5.32 Å². The number of aromatic nitrogens is 1. The van der Waals surface area contributed by atoms with Crippen LogP contribution in [0.25, 0.3) is 10.2 Å². The van der Waals surface area contributed by atoms with Crippen molar-refractivity contribution < 1.29 is 5.11 Å². The number of nitrogens with one attached hydrogen (secondary N) is 1. The third-order valence-electron chi connectivity index (χ3n) is 2.85. The van der Waals surface area contributed by atoms with Crippen molar-refractivity contribution in [3.05, 3.63) is 50.9 Å². The summed E-state index contributed by atoms with van der Waals surface area (Å²) in [6.45, 7) is 0.534. The number of aromatic hydroxyl groups is 1. The number of hydrogen-bond donors (Lipinski definition) is 2. The minimum Gasteiger partial charge on any atom is -0.506 e. The van der Waals surface area contributed by atoms with E-state index in [0.29, 0.717) is 11.0 Å². The van der Waals surface area contributed by atoms with Gasteiger partial charge in [0.2, 0.25) is 0 Å². The van der Waals surface area contributed by atoms with Gasteiger partial charge in [-0.2, -0.15) is 0 Å². The number of phenolic OH excluding ortho intramolecular Hbond substituents is 1. The van der Waals surface area contributed by atoms with Crippen LogP contribution in [0.5, 0.6) is 5.75 Å². The SMILES string of the molecule is Oc1c(Br)cccc1CNc1nc2ccc(Br)cc2s1. The van der Waals surface area contributed by atoms with E-state index in [4.69, 9.17) is 0 Å². The summed E-state index contributed by atoms with van der Waals surface area (Å²) in [6, 6.07) is 11.6. The molecule has 0 bridgehead atoms. The molecule has 0 amide bonds. The number of phenols is 1. The summed E-state index contributed by atoms with van der Waals surface area (Å²) < 4.78 is 2.87. The first-order valence-corrected chi connectivity index (χ1v) is 8.30. The van der Waals surface area contributed by atoms with Crippen molar-refractivity contribution in [2.75, 3.05) is 5.32 Å². The predicted octanol–water partition coefficient (Wildman–Crippen LogP) is 5.14. The van der Waals surface area contributed by atoms with Crippen LogP contribution in [0.4, 0.5) is 5.13 Å². The van der Waals surface area contributed by atoms with Crippen molar-refractivity contribution in [3.8, 4) is 5.75 Å². The van der Waals surface area contributed by atoms with Gasteiger partial charge < -0.3 is 10.4 Å². The van der Waals surface area contributed by atoms with E-state index in [2.05, 4.69) is 48.2 Å². The monoisotopic (exact) mass is 412 g/mol. The van der Waals surface area contributed by atoms with Crippen molar-refractivity contribution in [2.45, 2.75) is 6.54 Å². The first kappa shape index (κ1) is 13.9. The summed E-state index contributed by atoms with van der Waals surface area (Å²) >= 11 is 8.36. The Kier molecular flexibility index (Phi) is 3.96. The molecule has 1 heterocycles. The Labute approximate surface area is 136 Å². The molecule has 0 aliphatic heterocycles. The molecular formula is C14H10Br2N2OS. The Bertz CT molecular complexity index is 773. The number of halogens is 2. The molecule has 0 saturated carbocycles. The number of nitrogens with zero attached hydrogens (tertiary/aromatic N) is 1. The van der Waals surface area contributed by atoms with Crippen LogP contribution in [0.3, 0.4) is 0 Å². The van der Waals surface area contributed by atoms with E-state index in [0.717, 1.165) is 25.4 Å². The third kappa shape index (κ3) is 2.82. The molecule has 0 fully saturated rings. The zero-order chi connectivity index (χ0) is 14.1. The molecule has 0 spiro atoms. The summed E-state index contributed by atoms with van der Waals surface area (Å²) in [5, 5.41) is 14.0. The molecule has 0 saturated heterocycles. The van der Waals surface area contributed by atoms with E-state index >= 15 is 0 Å². The number of anilines is 1. The van der Waals surface area contributed by atoms with Gasteiger partial charge in [0.05, 0.1) is 14.7 Å². The molecule has 6 heteroatoms. The van der Waals surface area contributed by atoms with E-state index in [9.17, 15) is 5.11 Å². The fourth-order valence-corrected chi connectivity index (χ4v) is 3.67. The number of benzene rings is 2. The second kappa shape index (κ2) is 5.71. The van der Waals surface area contributed by atoms with Gasteiger partial charge >= 0.3 is 0 Å². The molecule has 0 aliphatic rings. The molecule has 2 N–H and O–H groups in total. The van der Waals surface area contributed by atoms with Crippen LogP contribution >= 0.6 is 43.2 Å². The Hall–Kier alpha value is -1.11. The van der Waals surface area contributed by atoms with Crippen molar-refractivity contribution >= 4 is 58.5 Å². The number of rotatable bonds is 3. The van der Waals surface area contributed by atoms with Crippen molar-refractivity contribution in [3.63, 3.8) is 0 Å². The molecule has 0 unspecified atom stereocenters. The van der Waals surface area contributed by atoms with Crippen LogP contribution in [-0.4, -0.2) is 10.1 Å². The Morgan fingerprint density at radius 2 is 2.05 bits per heavy atom. The maximum atomic E-state index is 9.94. The minimum atomic E-state index is 0.267.